The molecule has 0 unspecified atom stereocenters. The highest BCUT2D eigenvalue weighted by atomic mass is 32.2. The summed E-state index contributed by atoms with van der Waals surface area (Å²) < 4.78 is 2.01. The highest BCUT2D eigenvalue weighted by Crippen LogP contribution is 2.21. The summed E-state index contributed by atoms with van der Waals surface area (Å²) in [4.78, 5) is 16.5. The molecular weight excluding hydrogens is 330 g/mol. The van der Waals surface area contributed by atoms with Gasteiger partial charge >= 0.3 is 0 Å². The Morgan fingerprint density at radius 2 is 2.12 bits per heavy atom. The summed E-state index contributed by atoms with van der Waals surface area (Å²) in [5, 5.41) is 4.03. The highest BCUT2D eigenvalue weighted by molar-refractivity contribution is 7.98. The number of carbonyl (C=O) groups is 1. The topological polar surface area (TPSA) is 46.9 Å². The molecule has 1 aliphatic rings. The maximum atomic E-state index is 12.2. The van der Waals surface area contributed by atoms with Gasteiger partial charge in [-0.3, -0.25) is 4.79 Å². The first-order valence-corrected chi connectivity index (χ1v) is 9.86. The van der Waals surface area contributed by atoms with Crippen molar-refractivity contribution in [3.05, 3.63) is 59.4 Å². The normalized spacial score (nSPS) is 14.2. The number of nitrogens with one attached hydrogen (secondary N) is 1. The SMILES string of the molecule is Cn1ccnc1SCc1ccc(C(=O)NCCC2=CCCCC2)cc1. The van der Waals surface area contributed by atoms with Gasteiger partial charge in [0.25, 0.3) is 5.91 Å². The summed E-state index contributed by atoms with van der Waals surface area (Å²) in [6.45, 7) is 0.724. The van der Waals surface area contributed by atoms with E-state index in [9.17, 15) is 4.79 Å². The fourth-order valence-corrected chi connectivity index (χ4v) is 3.85. The van der Waals surface area contributed by atoms with Gasteiger partial charge in [0.05, 0.1) is 0 Å². The summed E-state index contributed by atoms with van der Waals surface area (Å²) in [5.74, 6) is 0.862. The number of imidazole rings is 1. The van der Waals surface area contributed by atoms with E-state index in [-0.39, 0.29) is 5.91 Å². The first kappa shape index (κ1) is 17.8. The van der Waals surface area contributed by atoms with Gasteiger partial charge in [0.15, 0.2) is 5.16 Å². The Morgan fingerprint density at radius 1 is 1.28 bits per heavy atom. The van der Waals surface area contributed by atoms with Crippen LogP contribution in [0.5, 0.6) is 0 Å². The quantitative estimate of drug-likeness (QED) is 0.594. The van der Waals surface area contributed by atoms with E-state index >= 15 is 0 Å². The van der Waals surface area contributed by atoms with Crippen LogP contribution >= 0.6 is 11.8 Å². The summed E-state index contributed by atoms with van der Waals surface area (Å²) in [6.07, 6.45) is 12.0. The predicted octanol–water partition coefficient (Wildman–Crippen LogP) is 4.33. The second-order valence-electron chi connectivity index (χ2n) is 6.42. The number of hydrogen-bond donors (Lipinski definition) is 1. The molecule has 0 fully saturated rings. The van der Waals surface area contributed by atoms with Crippen LogP contribution in [-0.4, -0.2) is 22.0 Å². The van der Waals surface area contributed by atoms with Gasteiger partial charge in [0, 0.05) is 37.3 Å². The van der Waals surface area contributed by atoms with E-state index in [1.807, 2.05) is 42.1 Å². The number of rotatable bonds is 7. The molecule has 0 atom stereocenters. The van der Waals surface area contributed by atoms with E-state index in [4.69, 9.17) is 0 Å². The summed E-state index contributed by atoms with van der Waals surface area (Å²) >= 11 is 1.70. The molecule has 0 bridgehead atoms. The fourth-order valence-electron chi connectivity index (χ4n) is 2.96. The fraction of sp³-hybridized carbons (Fsp3) is 0.400. The maximum absolute atomic E-state index is 12.2. The number of hydrogen-bond acceptors (Lipinski definition) is 3. The van der Waals surface area contributed by atoms with E-state index < -0.39 is 0 Å². The average Bonchev–Trinajstić information content (AvgIpc) is 3.06. The van der Waals surface area contributed by atoms with Crippen LogP contribution in [0, 0.1) is 0 Å². The van der Waals surface area contributed by atoms with Crippen molar-refractivity contribution in [1.29, 1.82) is 0 Å². The van der Waals surface area contributed by atoms with Crippen molar-refractivity contribution in [3.8, 4) is 0 Å². The van der Waals surface area contributed by atoms with E-state index in [1.165, 1.54) is 36.8 Å². The molecule has 1 aliphatic carbocycles. The van der Waals surface area contributed by atoms with Crippen LogP contribution in [0.4, 0.5) is 0 Å². The van der Waals surface area contributed by atoms with Crippen LogP contribution in [0.3, 0.4) is 0 Å². The third-order valence-electron chi connectivity index (χ3n) is 4.48. The Bertz CT molecular complexity index is 734. The molecule has 3 rings (SSSR count). The molecule has 0 saturated heterocycles. The molecule has 1 aromatic heterocycles. The van der Waals surface area contributed by atoms with Gasteiger partial charge < -0.3 is 9.88 Å². The van der Waals surface area contributed by atoms with Gasteiger partial charge in [-0.05, 0) is 49.8 Å². The van der Waals surface area contributed by atoms with Gasteiger partial charge in [-0.2, -0.15) is 0 Å². The van der Waals surface area contributed by atoms with Crippen molar-refractivity contribution >= 4 is 17.7 Å². The standard InChI is InChI=1S/C20H25N3OS/c1-23-14-13-22-20(23)25-15-17-7-9-18(10-8-17)19(24)21-12-11-16-5-3-2-4-6-16/h5,7-10,13-14H,2-4,6,11-12,15H2,1H3,(H,21,24). The number of carbonyl (C=O) groups excluding carboxylic acids is 1. The minimum atomic E-state index is 0.0136. The lowest BCUT2D eigenvalue weighted by atomic mass is 9.97. The molecule has 1 amide bonds. The van der Waals surface area contributed by atoms with Crippen molar-refractivity contribution in [2.24, 2.45) is 7.05 Å². The Hall–Kier alpha value is -2.01. The van der Waals surface area contributed by atoms with E-state index in [1.54, 1.807) is 18.0 Å². The van der Waals surface area contributed by atoms with Crippen molar-refractivity contribution in [3.63, 3.8) is 0 Å². The molecule has 1 N–H and O–H groups in total. The van der Waals surface area contributed by atoms with Crippen molar-refractivity contribution in [1.82, 2.24) is 14.9 Å². The zero-order valence-electron chi connectivity index (χ0n) is 14.7. The van der Waals surface area contributed by atoms with Crippen molar-refractivity contribution < 1.29 is 4.79 Å². The van der Waals surface area contributed by atoms with Crippen LogP contribution in [0.1, 0.15) is 48.0 Å². The smallest absolute Gasteiger partial charge is 0.251 e. The monoisotopic (exact) mass is 355 g/mol. The van der Waals surface area contributed by atoms with Crippen LogP contribution < -0.4 is 5.32 Å². The first-order chi connectivity index (χ1) is 12.2. The minimum absolute atomic E-state index is 0.0136. The molecule has 0 aliphatic heterocycles. The zero-order chi connectivity index (χ0) is 17.5. The van der Waals surface area contributed by atoms with Crippen LogP contribution in [0.2, 0.25) is 0 Å². The Labute approximate surface area is 153 Å². The molecule has 1 aromatic carbocycles. The molecule has 2 aromatic rings. The Morgan fingerprint density at radius 3 is 2.80 bits per heavy atom. The zero-order valence-corrected chi connectivity index (χ0v) is 15.5. The van der Waals surface area contributed by atoms with E-state index in [2.05, 4.69) is 16.4 Å². The lowest BCUT2D eigenvalue weighted by Gasteiger charge is -2.13. The maximum Gasteiger partial charge on any atom is 0.251 e. The van der Waals surface area contributed by atoms with Gasteiger partial charge in [-0.15, -0.1) is 0 Å². The van der Waals surface area contributed by atoms with Crippen LogP contribution in [-0.2, 0) is 12.8 Å². The second kappa shape index (κ2) is 8.90. The molecule has 1 heterocycles. The molecule has 0 radical (unpaired) electrons. The molecule has 5 heteroatoms. The molecule has 0 spiro atoms. The summed E-state index contributed by atoms with van der Waals surface area (Å²) in [7, 11) is 1.99. The largest absolute Gasteiger partial charge is 0.352 e. The van der Waals surface area contributed by atoms with Gasteiger partial charge in [-0.1, -0.05) is 35.5 Å². The number of allylic oxidation sites excluding steroid dienone is 1. The van der Waals surface area contributed by atoms with Crippen LogP contribution in [0.25, 0.3) is 0 Å². The molecule has 4 nitrogen and oxygen atoms in total. The lowest BCUT2D eigenvalue weighted by Crippen LogP contribution is -2.24. The lowest BCUT2D eigenvalue weighted by molar-refractivity contribution is 0.0954. The minimum Gasteiger partial charge on any atom is -0.352 e. The van der Waals surface area contributed by atoms with Crippen molar-refractivity contribution in [2.45, 2.75) is 43.0 Å². The predicted molar refractivity (Wildman–Crippen MR) is 103 cm³/mol. The number of nitrogens with zero attached hydrogens (tertiary/aromatic N) is 2. The molecule has 25 heavy (non-hydrogen) atoms. The van der Waals surface area contributed by atoms with Crippen LogP contribution in [0.15, 0.2) is 53.5 Å². The number of benzene rings is 1. The number of thioether (sulfide) groups is 1. The molecule has 0 saturated carbocycles. The van der Waals surface area contributed by atoms with Gasteiger partial charge in [0.2, 0.25) is 0 Å². The Kier molecular flexibility index (Phi) is 6.34. The summed E-state index contributed by atoms with van der Waals surface area (Å²) in [6, 6.07) is 7.86. The first-order valence-electron chi connectivity index (χ1n) is 8.87. The average molecular weight is 356 g/mol. The van der Waals surface area contributed by atoms with Gasteiger partial charge in [0.1, 0.15) is 0 Å². The Balaban J connectivity index is 1.45. The number of amides is 1. The number of aromatic nitrogens is 2. The molecule has 132 valence electrons. The van der Waals surface area contributed by atoms with Gasteiger partial charge in [-0.25, -0.2) is 4.98 Å². The second-order valence-corrected chi connectivity index (χ2v) is 7.36. The molecular formula is C20H25N3OS. The van der Waals surface area contributed by atoms with E-state index in [0.29, 0.717) is 0 Å². The summed E-state index contributed by atoms with van der Waals surface area (Å²) in [5.41, 5.74) is 3.41. The van der Waals surface area contributed by atoms with Crippen molar-refractivity contribution in [2.75, 3.05) is 6.54 Å². The highest BCUT2D eigenvalue weighted by Gasteiger charge is 2.08. The third-order valence-corrected chi connectivity index (χ3v) is 5.61. The third kappa shape index (κ3) is 5.23. The number of aryl methyl sites for hydroxylation is 1. The van der Waals surface area contributed by atoms with E-state index in [0.717, 1.165) is 29.4 Å².